The average molecular weight is 551 g/mol. The molecule has 4 rings (SSSR count). The van der Waals surface area contributed by atoms with E-state index in [4.69, 9.17) is 0 Å². The summed E-state index contributed by atoms with van der Waals surface area (Å²) in [6.45, 7) is 0. The summed E-state index contributed by atoms with van der Waals surface area (Å²) >= 11 is 0. The largest absolute Gasteiger partial charge is 0.416 e. The predicted octanol–water partition coefficient (Wildman–Crippen LogP) is 3.50. The maximum atomic E-state index is 13.1. The highest BCUT2D eigenvalue weighted by molar-refractivity contribution is 6.32. The number of imide groups is 2. The smallest absolute Gasteiger partial charge is 0.326 e. The second kappa shape index (κ2) is 11.6. The van der Waals surface area contributed by atoms with Crippen LogP contribution in [0.4, 0.5) is 29.3 Å². The van der Waals surface area contributed by atoms with Crippen molar-refractivity contribution in [1.82, 2.24) is 10.7 Å². The van der Waals surface area contributed by atoms with Crippen LogP contribution in [0.2, 0.25) is 0 Å². The minimum Gasteiger partial charge on any atom is -0.326 e. The van der Waals surface area contributed by atoms with E-state index >= 15 is 0 Å². The van der Waals surface area contributed by atoms with Gasteiger partial charge in [-0.15, -0.1) is 0 Å². The van der Waals surface area contributed by atoms with E-state index in [1.54, 1.807) is 0 Å². The number of halogens is 3. The Hall–Kier alpha value is -5.33. The number of benzene rings is 3. The first-order valence-corrected chi connectivity index (χ1v) is 11.7. The van der Waals surface area contributed by atoms with Crippen molar-refractivity contribution < 1.29 is 37.1 Å². The van der Waals surface area contributed by atoms with Gasteiger partial charge in [0.25, 0.3) is 11.8 Å². The fraction of sp³-hybridized carbons (Fsp3) is 0.111. The van der Waals surface area contributed by atoms with Crippen molar-refractivity contribution in [3.8, 4) is 0 Å². The summed E-state index contributed by atoms with van der Waals surface area (Å²) in [5, 5.41) is 8.20. The van der Waals surface area contributed by atoms with Gasteiger partial charge in [0.05, 0.1) is 17.7 Å². The normalized spacial score (nSPS) is 15.6. The zero-order valence-corrected chi connectivity index (χ0v) is 20.4. The Balaban J connectivity index is 1.38. The molecule has 3 aromatic carbocycles. The molecule has 6 amide bonds. The molecular weight excluding hydrogens is 531 g/mol. The van der Waals surface area contributed by atoms with Crippen LogP contribution in [0.15, 0.2) is 84.0 Å². The molecule has 0 aliphatic carbocycles. The number of alkyl halides is 3. The van der Waals surface area contributed by atoms with Crippen LogP contribution in [0.25, 0.3) is 0 Å². The molecular formula is C27H20F3N5O5. The number of hydrazone groups is 1. The van der Waals surface area contributed by atoms with E-state index < -0.39 is 47.1 Å². The van der Waals surface area contributed by atoms with Crippen molar-refractivity contribution in [3.63, 3.8) is 0 Å². The third-order valence-corrected chi connectivity index (χ3v) is 5.66. The number of hydrogen-bond acceptors (Lipinski definition) is 6. The van der Waals surface area contributed by atoms with E-state index in [1.165, 1.54) is 24.3 Å². The molecule has 1 aliphatic heterocycles. The number of hydrogen-bond donors (Lipinski definition) is 3. The molecule has 10 nitrogen and oxygen atoms in total. The third kappa shape index (κ3) is 6.56. The fourth-order valence-corrected chi connectivity index (χ4v) is 3.71. The van der Waals surface area contributed by atoms with Crippen LogP contribution in [0.5, 0.6) is 0 Å². The summed E-state index contributed by atoms with van der Waals surface area (Å²) in [6, 6.07) is 17.2. The van der Waals surface area contributed by atoms with Gasteiger partial charge >= 0.3 is 12.2 Å². The zero-order valence-electron chi connectivity index (χ0n) is 20.4. The van der Waals surface area contributed by atoms with Gasteiger partial charge in [0.2, 0.25) is 11.8 Å². The molecule has 0 aromatic heterocycles. The van der Waals surface area contributed by atoms with Crippen LogP contribution in [-0.4, -0.2) is 35.9 Å². The molecule has 1 aliphatic rings. The highest BCUT2D eigenvalue weighted by Crippen LogP contribution is 2.32. The zero-order chi connectivity index (χ0) is 28.9. The number of carbonyl (C=O) groups excluding carboxylic acids is 5. The lowest BCUT2D eigenvalue weighted by Crippen LogP contribution is -2.58. The van der Waals surface area contributed by atoms with E-state index in [9.17, 15) is 37.1 Å². The van der Waals surface area contributed by atoms with E-state index in [1.807, 2.05) is 35.6 Å². The second-order valence-electron chi connectivity index (χ2n) is 8.50. The molecule has 204 valence electrons. The van der Waals surface area contributed by atoms with Crippen LogP contribution < -0.4 is 21.0 Å². The van der Waals surface area contributed by atoms with Crippen molar-refractivity contribution >= 4 is 47.2 Å². The number of nitrogens with one attached hydrogen (secondary N) is 3. The maximum Gasteiger partial charge on any atom is 0.416 e. The minimum atomic E-state index is -4.72. The maximum absolute atomic E-state index is 13.1. The molecule has 40 heavy (non-hydrogen) atoms. The molecule has 13 heteroatoms. The summed E-state index contributed by atoms with van der Waals surface area (Å²) in [4.78, 5) is 62.3. The van der Waals surface area contributed by atoms with E-state index in [0.29, 0.717) is 16.7 Å². The number of nitrogens with zero attached hydrogens (tertiary/aromatic N) is 2. The highest BCUT2D eigenvalue weighted by Gasteiger charge is 2.41. The molecule has 1 heterocycles. The van der Waals surface area contributed by atoms with Gasteiger partial charge in [-0.05, 0) is 48.0 Å². The Morgan fingerprint density at radius 3 is 2.33 bits per heavy atom. The number of barbiturate groups is 1. The van der Waals surface area contributed by atoms with Crippen LogP contribution in [-0.2, 0) is 27.0 Å². The van der Waals surface area contributed by atoms with Crippen molar-refractivity contribution in [2.24, 2.45) is 11.0 Å². The lowest BCUT2D eigenvalue weighted by atomic mass is 10.1. The molecule has 1 saturated heterocycles. The van der Waals surface area contributed by atoms with Gasteiger partial charge in [-0.3, -0.25) is 24.5 Å². The van der Waals surface area contributed by atoms with Gasteiger partial charge in [-0.2, -0.15) is 18.3 Å². The molecule has 3 aromatic rings. The molecule has 0 unspecified atom stereocenters. The Bertz CT molecular complexity index is 1490. The lowest BCUT2D eigenvalue weighted by molar-refractivity contribution is -0.138. The van der Waals surface area contributed by atoms with E-state index in [0.717, 1.165) is 30.0 Å². The van der Waals surface area contributed by atoms with Crippen LogP contribution >= 0.6 is 0 Å². The fourth-order valence-electron chi connectivity index (χ4n) is 3.71. The summed E-state index contributed by atoms with van der Waals surface area (Å²) in [5.41, 5.74) is 2.06. The van der Waals surface area contributed by atoms with Crippen molar-refractivity contribution in [1.29, 1.82) is 0 Å². The number of carbonyl (C=O) groups is 5. The van der Waals surface area contributed by atoms with Gasteiger partial charge < -0.3 is 5.32 Å². The van der Waals surface area contributed by atoms with E-state index in [2.05, 4.69) is 15.8 Å². The topological polar surface area (TPSA) is 137 Å². The third-order valence-electron chi connectivity index (χ3n) is 5.66. The molecule has 0 radical (unpaired) electrons. The SMILES string of the molecule is O=C(Cc1ccccc1)Nc1ccc(C(=O)N/N=C\[C@@H]2C(=O)NC(=O)N(c3cccc(C(F)(F)F)c3)C2=O)cc1. The molecule has 1 fully saturated rings. The highest BCUT2D eigenvalue weighted by atomic mass is 19.4. The average Bonchev–Trinajstić information content (AvgIpc) is 2.91. The standard InChI is InChI=1S/C27H20F3N5O5/c28-27(29,30)18-7-4-8-20(14-18)35-25(39)21(24(38)33-26(35)40)15-31-34-23(37)17-9-11-19(12-10-17)32-22(36)13-16-5-2-1-3-6-16/h1-12,14-15,21H,13H2,(H,32,36)(H,34,37)(H,33,38,40)/b31-15-/t21-/m1/s1. The van der Waals surface area contributed by atoms with Crippen LogP contribution in [0.3, 0.4) is 0 Å². The summed E-state index contributed by atoms with van der Waals surface area (Å²) in [6.07, 6.45) is -3.79. The molecule has 1 atom stereocenters. The molecule has 0 spiro atoms. The van der Waals surface area contributed by atoms with Gasteiger partial charge in [-0.1, -0.05) is 36.4 Å². The quantitative estimate of drug-likeness (QED) is 0.235. The second-order valence-corrected chi connectivity index (χ2v) is 8.50. The van der Waals surface area contributed by atoms with Gasteiger partial charge in [0, 0.05) is 17.5 Å². The Kier molecular flexibility index (Phi) is 8.03. The van der Waals surface area contributed by atoms with Crippen molar-refractivity contribution in [2.75, 3.05) is 10.2 Å². The van der Waals surface area contributed by atoms with Crippen LogP contribution in [0.1, 0.15) is 21.5 Å². The number of anilines is 2. The van der Waals surface area contributed by atoms with Gasteiger partial charge in [0.1, 0.15) is 0 Å². The first-order valence-electron chi connectivity index (χ1n) is 11.7. The number of amides is 6. The Labute approximate surface area is 224 Å². The van der Waals surface area contributed by atoms with Crippen molar-refractivity contribution in [2.45, 2.75) is 12.6 Å². The van der Waals surface area contributed by atoms with Gasteiger partial charge in [-0.25, -0.2) is 15.1 Å². The van der Waals surface area contributed by atoms with Crippen LogP contribution in [0, 0.1) is 5.92 Å². The lowest BCUT2D eigenvalue weighted by Gasteiger charge is -2.28. The monoisotopic (exact) mass is 551 g/mol. The Morgan fingerprint density at radius 1 is 0.950 bits per heavy atom. The minimum absolute atomic E-state index is 0.137. The van der Waals surface area contributed by atoms with Crippen molar-refractivity contribution in [3.05, 3.63) is 95.6 Å². The first kappa shape index (κ1) is 27.7. The Morgan fingerprint density at radius 2 is 1.65 bits per heavy atom. The predicted molar refractivity (Wildman–Crippen MR) is 137 cm³/mol. The summed E-state index contributed by atoms with van der Waals surface area (Å²) < 4.78 is 39.2. The molecule has 0 bridgehead atoms. The van der Waals surface area contributed by atoms with Gasteiger partial charge in [0.15, 0.2) is 5.92 Å². The number of rotatable bonds is 7. The first-order chi connectivity index (χ1) is 19.0. The number of urea groups is 1. The summed E-state index contributed by atoms with van der Waals surface area (Å²) in [7, 11) is 0. The van der Waals surface area contributed by atoms with E-state index in [-0.39, 0.29) is 17.9 Å². The summed E-state index contributed by atoms with van der Waals surface area (Å²) in [5.74, 6) is -4.88. The molecule has 0 saturated carbocycles. The molecule has 3 N–H and O–H groups in total.